The molecule has 1 aliphatic heterocycles. The molecule has 0 amide bonds. The van der Waals surface area contributed by atoms with E-state index in [1.807, 2.05) is 30.3 Å². The second-order valence-corrected chi connectivity index (χ2v) is 16.3. The summed E-state index contributed by atoms with van der Waals surface area (Å²) in [5, 5.41) is 11.3. The summed E-state index contributed by atoms with van der Waals surface area (Å²) in [6, 6.07) is 19.1. The van der Waals surface area contributed by atoms with Gasteiger partial charge in [-0.2, -0.15) is 12.8 Å². The van der Waals surface area contributed by atoms with Gasteiger partial charge in [0, 0.05) is 48.7 Å². The van der Waals surface area contributed by atoms with Crippen LogP contribution < -0.4 is 15.9 Å². The van der Waals surface area contributed by atoms with Crippen molar-refractivity contribution in [3.8, 4) is 22.9 Å². The normalized spacial score (nSPS) is 11.4. The van der Waals surface area contributed by atoms with E-state index < -0.39 is 106 Å². The maximum absolute atomic E-state index is 14.7. The van der Waals surface area contributed by atoms with E-state index in [-0.39, 0.29) is 58.1 Å². The number of aromatic hydroxyl groups is 1. The van der Waals surface area contributed by atoms with Crippen molar-refractivity contribution >= 4 is 76.6 Å². The fourth-order valence-corrected chi connectivity index (χ4v) is 7.53. The van der Waals surface area contributed by atoms with Crippen LogP contribution in [0, 0.1) is 34.9 Å². The van der Waals surface area contributed by atoms with Crippen molar-refractivity contribution in [2.24, 2.45) is 0 Å². The number of phenolic OH excluding ortho intramolecular Hbond substituents is 1. The molecule has 0 unspecified atom stereocenters. The standard InChI is InChI=1S/C22H13F2NO7S.C14H13F4NO3.C10H9NO.O3S/c1-2-31-22(27)13-9-25-18-11-6-4-3-5-10(11)16(33(28,29)30)8-15(18)32-21-17(24)14(23)7-12(19(21)25)20(13)26;1-4-22-14(21)8(6-19(2)3)13(20)7-5-9(15)11(17)12(18)10(7)16;11-10-8-4-2-1-3-7(8)5-6-9(10)12;1-4(2)3/h3-9H,2H2,1H3,(H,28,29,30);5-6H,4H2,1-3H3;1-6,12H,11H2;/b;8-6-;;. The molecule has 4 N–H and O–H groups in total. The summed E-state index contributed by atoms with van der Waals surface area (Å²) in [4.78, 5) is 50.0. The number of Topliss-reactive ketones (excluding diaryl/α,β-unsaturated/α-hetero) is 1. The lowest BCUT2D eigenvalue weighted by molar-refractivity contribution is -0.138. The van der Waals surface area contributed by atoms with Gasteiger partial charge < -0.3 is 34.5 Å². The molecule has 0 fully saturated rings. The molecule has 17 nitrogen and oxygen atoms in total. The summed E-state index contributed by atoms with van der Waals surface area (Å²) in [5.41, 5.74) is 3.07. The highest BCUT2D eigenvalue weighted by molar-refractivity contribution is 7.86. The van der Waals surface area contributed by atoms with Gasteiger partial charge in [0.2, 0.25) is 17.0 Å². The molecule has 6 aromatic carbocycles. The van der Waals surface area contributed by atoms with Crippen molar-refractivity contribution in [2.45, 2.75) is 18.7 Å². The van der Waals surface area contributed by atoms with Crippen LogP contribution in [0.2, 0.25) is 0 Å². The minimum atomic E-state index is -4.73. The number of hydrogen-bond acceptors (Lipinski definition) is 15. The van der Waals surface area contributed by atoms with Gasteiger partial charge in [0.25, 0.3) is 10.1 Å². The number of nitrogens with zero attached hydrogens (tertiary/aromatic N) is 2. The number of ether oxygens (including phenoxy) is 3. The number of nitrogen functional groups attached to an aromatic ring is 1. The third kappa shape index (κ3) is 11.4. The zero-order valence-corrected chi connectivity index (χ0v) is 38.6. The van der Waals surface area contributed by atoms with Gasteiger partial charge >= 0.3 is 22.5 Å². The maximum atomic E-state index is 14.7. The zero-order valence-electron chi connectivity index (χ0n) is 36.9. The minimum absolute atomic E-state index is 0.0281. The largest absolute Gasteiger partial charge is 0.506 e. The summed E-state index contributed by atoms with van der Waals surface area (Å²) in [5.74, 6) is -14.7. The molecule has 0 bridgehead atoms. The van der Waals surface area contributed by atoms with Crippen LogP contribution in [0.25, 0.3) is 38.1 Å². The predicted octanol–water partition coefficient (Wildman–Crippen LogP) is 7.51. The summed E-state index contributed by atoms with van der Waals surface area (Å²) < 4.78 is 157. The monoisotopic (exact) mass is 1030 g/mol. The molecule has 25 heteroatoms. The van der Waals surface area contributed by atoms with Gasteiger partial charge in [-0.15, -0.1) is 12.6 Å². The lowest BCUT2D eigenvalue weighted by atomic mass is 10.0. The smallest absolute Gasteiger partial charge is 0.425 e. The molecular weight excluding hydrogens is 997 g/mol. The van der Waals surface area contributed by atoms with Gasteiger partial charge in [-0.25, -0.2) is 31.5 Å². The lowest BCUT2D eigenvalue weighted by Gasteiger charge is -2.26. The summed E-state index contributed by atoms with van der Waals surface area (Å²) in [6.45, 7) is 2.93. The summed E-state index contributed by atoms with van der Waals surface area (Å²) >= 11 is 0. The molecule has 1 aromatic heterocycles. The number of nitrogens with two attached hydrogens (primary N) is 1. The van der Waals surface area contributed by atoms with E-state index in [1.165, 1.54) is 42.6 Å². The molecule has 372 valence electrons. The Balaban J connectivity index is 0.000000211. The average Bonchev–Trinajstić information content (AvgIpc) is 3.31. The molecular formula is C46H35F6N3O14S2. The first kappa shape index (κ1) is 53.7. The zero-order chi connectivity index (χ0) is 52.8. The van der Waals surface area contributed by atoms with Gasteiger partial charge in [0.05, 0.1) is 35.5 Å². The number of ketones is 1. The Morgan fingerprint density at radius 1 is 0.775 bits per heavy atom. The van der Waals surface area contributed by atoms with Crippen molar-refractivity contribution in [1.29, 1.82) is 0 Å². The van der Waals surface area contributed by atoms with Crippen molar-refractivity contribution in [3.63, 3.8) is 0 Å². The van der Waals surface area contributed by atoms with Gasteiger partial charge in [-0.1, -0.05) is 54.6 Å². The predicted molar refractivity (Wildman–Crippen MR) is 242 cm³/mol. The van der Waals surface area contributed by atoms with Crippen LogP contribution in [0.15, 0.2) is 107 Å². The van der Waals surface area contributed by atoms with Crippen molar-refractivity contribution in [1.82, 2.24) is 9.47 Å². The Morgan fingerprint density at radius 3 is 1.94 bits per heavy atom. The second-order valence-electron chi connectivity index (χ2n) is 14.5. The molecule has 2 heterocycles. The summed E-state index contributed by atoms with van der Waals surface area (Å²) in [6.07, 6.45) is 2.13. The quantitative estimate of drug-likeness (QED) is 0.0114. The van der Waals surface area contributed by atoms with Crippen LogP contribution >= 0.6 is 0 Å². The lowest BCUT2D eigenvalue weighted by Crippen LogP contribution is -2.23. The van der Waals surface area contributed by atoms with Gasteiger partial charge in [-0.05, 0) is 37.4 Å². The fourth-order valence-electron chi connectivity index (χ4n) is 6.82. The molecule has 7 aromatic rings. The number of esters is 2. The molecule has 0 saturated carbocycles. The first-order chi connectivity index (χ1) is 33.3. The highest BCUT2D eigenvalue weighted by Gasteiger charge is 2.33. The number of benzene rings is 6. The summed E-state index contributed by atoms with van der Waals surface area (Å²) in [7, 11) is -4.90. The molecule has 0 saturated heterocycles. The number of carbonyl (C=O) groups is 3. The average molecular weight is 1030 g/mol. The fraction of sp³-hybridized carbons (Fsp3) is 0.130. The molecule has 71 heavy (non-hydrogen) atoms. The van der Waals surface area contributed by atoms with Crippen LogP contribution in [0.1, 0.15) is 34.6 Å². The Bertz CT molecular complexity index is 3640. The highest BCUT2D eigenvalue weighted by atomic mass is 32.2. The number of aromatic nitrogens is 1. The molecule has 0 radical (unpaired) electrons. The van der Waals surface area contributed by atoms with E-state index in [9.17, 15) is 63.6 Å². The number of rotatable bonds is 8. The number of fused-ring (bicyclic) bond motifs is 5. The minimum Gasteiger partial charge on any atom is -0.506 e. The van der Waals surface area contributed by atoms with Crippen LogP contribution in [-0.2, 0) is 35.0 Å². The van der Waals surface area contributed by atoms with Gasteiger partial charge in [0.15, 0.2) is 40.6 Å². The van der Waals surface area contributed by atoms with E-state index >= 15 is 0 Å². The van der Waals surface area contributed by atoms with Crippen LogP contribution in [0.5, 0.6) is 17.2 Å². The topological polar surface area (TPSA) is 256 Å². The molecule has 0 aliphatic carbocycles. The molecule has 0 spiro atoms. The van der Waals surface area contributed by atoms with E-state index in [2.05, 4.69) is 4.74 Å². The van der Waals surface area contributed by atoms with E-state index in [0.29, 0.717) is 11.8 Å². The van der Waals surface area contributed by atoms with E-state index in [4.69, 9.17) is 27.8 Å². The first-order valence-electron chi connectivity index (χ1n) is 20.0. The number of phenols is 1. The van der Waals surface area contributed by atoms with Gasteiger partial charge in [0.1, 0.15) is 27.3 Å². The Labute approximate surface area is 398 Å². The van der Waals surface area contributed by atoms with Crippen LogP contribution in [-0.4, -0.2) is 85.2 Å². The number of anilines is 1. The Hall–Kier alpha value is -8.29. The van der Waals surface area contributed by atoms with Crippen LogP contribution in [0.4, 0.5) is 32.0 Å². The molecule has 1 aliphatic rings. The Morgan fingerprint density at radius 2 is 1.35 bits per heavy atom. The number of pyridine rings is 1. The number of halogens is 6. The number of carbonyl (C=O) groups excluding carboxylic acids is 3. The highest BCUT2D eigenvalue weighted by Crippen LogP contribution is 2.46. The number of hydrogen-bond donors (Lipinski definition) is 3. The van der Waals surface area contributed by atoms with Crippen molar-refractivity contribution in [3.05, 3.63) is 153 Å². The third-order valence-corrected chi connectivity index (χ3v) is 10.6. The van der Waals surface area contributed by atoms with Crippen molar-refractivity contribution < 1.29 is 85.6 Å². The van der Waals surface area contributed by atoms with Gasteiger partial charge in [-0.3, -0.25) is 14.1 Å². The third-order valence-electron chi connectivity index (χ3n) is 9.73. The molecule has 0 atom stereocenters. The van der Waals surface area contributed by atoms with E-state index in [0.717, 1.165) is 29.2 Å². The second kappa shape index (κ2) is 22.0. The maximum Gasteiger partial charge on any atom is 0.425 e. The Kier molecular flexibility index (Phi) is 16.6. The van der Waals surface area contributed by atoms with Crippen LogP contribution in [0.3, 0.4) is 0 Å². The van der Waals surface area contributed by atoms with E-state index in [1.54, 1.807) is 25.1 Å². The first-order valence-corrected chi connectivity index (χ1v) is 22.4. The van der Waals surface area contributed by atoms with Crippen molar-refractivity contribution in [2.75, 3.05) is 33.0 Å². The SMILES string of the molecule is CCOC(=O)/C(=C\N(C)C)C(=O)c1cc(F)c(F)c(F)c1F.CCOC(=O)c1cn2c3c(c(F)c(F)cc3c1=O)Oc1cc(S(=O)(=O)O)c3ccccc3c1-2.Nc1c(O)ccc2ccccc12.O=S(=O)=O. The molecule has 8 rings (SSSR count).